The van der Waals surface area contributed by atoms with Crippen molar-refractivity contribution in [2.24, 2.45) is 5.73 Å². The minimum atomic E-state index is -1.07. The Morgan fingerprint density at radius 3 is 2.56 bits per heavy atom. The predicted octanol–water partition coefficient (Wildman–Crippen LogP) is 2.93. The number of ether oxygens (including phenoxy) is 1. The lowest BCUT2D eigenvalue weighted by atomic mass is 9.95. The summed E-state index contributed by atoms with van der Waals surface area (Å²) in [4.78, 5) is 23.1. The first-order valence-electron chi connectivity index (χ1n) is 8.65. The van der Waals surface area contributed by atoms with Crippen LogP contribution in [0, 0.1) is 25.2 Å². The van der Waals surface area contributed by atoms with Gasteiger partial charge in [-0.2, -0.15) is 5.26 Å². The maximum Gasteiger partial charge on any atom is 0.349 e. The van der Waals surface area contributed by atoms with Crippen molar-refractivity contribution in [3.05, 3.63) is 28.6 Å². The molecule has 6 nitrogen and oxygen atoms in total. The molecule has 1 aliphatic carbocycles. The van der Waals surface area contributed by atoms with Gasteiger partial charge >= 0.3 is 5.97 Å². The van der Waals surface area contributed by atoms with Crippen molar-refractivity contribution in [1.29, 1.82) is 5.26 Å². The molecule has 0 radical (unpaired) electrons. The Bertz CT molecular complexity index is 734. The highest BCUT2D eigenvalue weighted by molar-refractivity contribution is 5.99. The fraction of sp³-hybridized carbons (Fsp3) is 0.526. The molecule has 25 heavy (non-hydrogen) atoms. The van der Waals surface area contributed by atoms with Crippen LogP contribution >= 0.6 is 0 Å². The van der Waals surface area contributed by atoms with E-state index in [-0.39, 0.29) is 5.57 Å². The van der Waals surface area contributed by atoms with Gasteiger partial charge in [-0.25, -0.2) is 4.79 Å². The zero-order valence-electron chi connectivity index (χ0n) is 15.0. The van der Waals surface area contributed by atoms with Crippen LogP contribution < -0.4 is 5.73 Å². The summed E-state index contributed by atoms with van der Waals surface area (Å²) in [7, 11) is 0. The summed E-state index contributed by atoms with van der Waals surface area (Å²) >= 11 is 0. The average molecular weight is 343 g/mol. The Hall–Kier alpha value is -2.55. The lowest BCUT2D eigenvalue weighted by Crippen LogP contribution is -2.30. The Balaban J connectivity index is 2.28. The molecule has 0 spiro atoms. The highest BCUT2D eigenvalue weighted by atomic mass is 16.5. The van der Waals surface area contributed by atoms with Gasteiger partial charge in [-0.15, -0.1) is 0 Å². The maximum absolute atomic E-state index is 12.1. The van der Waals surface area contributed by atoms with E-state index in [1.54, 1.807) is 0 Å². The molecule has 1 heterocycles. The number of nitrogens with two attached hydrogens (primary N) is 1. The van der Waals surface area contributed by atoms with Crippen molar-refractivity contribution in [3.63, 3.8) is 0 Å². The van der Waals surface area contributed by atoms with Crippen molar-refractivity contribution < 1.29 is 14.3 Å². The molecule has 0 saturated heterocycles. The molecule has 1 aliphatic rings. The van der Waals surface area contributed by atoms with Gasteiger partial charge in [0.1, 0.15) is 11.6 Å². The molecule has 1 saturated carbocycles. The molecule has 0 unspecified atom stereocenters. The van der Waals surface area contributed by atoms with Crippen LogP contribution in [-0.2, 0) is 14.3 Å². The number of aromatic nitrogens is 1. The molecule has 1 aromatic rings. The number of carbonyl (C=O) groups excluding carboxylic acids is 2. The fourth-order valence-corrected chi connectivity index (χ4v) is 3.42. The van der Waals surface area contributed by atoms with E-state index < -0.39 is 18.0 Å². The smallest absolute Gasteiger partial charge is 0.349 e. The Morgan fingerprint density at radius 1 is 1.36 bits per heavy atom. The highest BCUT2D eigenvalue weighted by Gasteiger charge is 2.22. The third-order valence-electron chi connectivity index (χ3n) is 4.79. The summed E-state index contributed by atoms with van der Waals surface area (Å²) in [6.07, 6.45) is 6.51. The summed E-state index contributed by atoms with van der Waals surface area (Å²) in [5.41, 5.74) is 7.92. The summed E-state index contributed by atoms with van der Waals surface area (Å²) < 4.78 is 7.22. The van der Waals surface area contributed by atoms with Crippen LogP contribution in [0.4, 0.5) is 0 Å². The van der Waals surface area contributed by atoms with Gasteiger partial charge in [0, 0.05) is 17.4 Å². The first-order chi connectivity index (χ1) is 11.8. The number of hydrogen-bond acceptors (Lipinski definition) is 4. The van der Waals surface area contributed by atoms with Gasteiger partial charge in [0.15, 0.2) is 6.10 Å². The Labute approximate surface area is 148 Å². The van der Waals surface area contributed by atoms with Crippen molar-refractivity contribution in [1.82, 2.24) is 4.57 Å². The van der Waals surface area contributed by atoms with E-state index in [4.69, 9.17) is 10.5 Å². The third-order valence-corrected chi connectivity index (χ3v) is 4.79. The molecule has 0 aliphatic heterocycles. The molecule has 1 atom stereocenters. The van der Waals surface area contributed by atoms with Crippen LogP contribution in [0.2, 0.25) is 0 Å². The molecular weight excluding hydrogens is 318 g/mol. The van der Waals surface area contributed by atoms with Crippen molar-refractivity contribution in [2.45, 2.75) is 65.0 Å². The maximum atomic E-state index is 12.1. The molecule has 1 amide bonds. The van der Waals surface area contributed by atoms with Gasteiger partial charge in [-0.1, -0.05) is 19.3 Å². The Kier molecular flexibility index (Phi) is 6.02. The molecule has 0 aromatic carbocycles. The molecule has 0 bridgehead atoms. The number of rotatable bonds is 5. The van der Waals surface area contributed by atoms with E-state index in [0.717, 1.165) is 29.8 Å². The van der Waals surface area contributed by atoms with Gasteiger partial charge in [-0.3, -0.25) is 4.79 Å². The zero-order valence-corrected chi connectivity index (χ0v) is 15.0. The highest BCUT2D eigenvalue weighted by Crippen LogP contribution is 2.32. The summed E-state index contributed by atoms with van der Waals surface area (Å²) in [5, 5.41) is 9.28. The fourth-order valence-electron chi connectivity index (χ4n) is 3.42. The second-order valence-electron chi connectivity index (χ2n) is 6.61. The number of carbonyl (C=O) groups is 2. The van der Waals surface area contributed by atoms with E-state index >= 15 is 0 Å². The number of amides is 1. The average Bonchev–Trinajstić information content (AvgIpc) is 2.86. The van der Waals surface area contributed by atoms with Gasteiger partial charge in [0.05, 0.1) is 0 Å². The third kappa shape index (κ3) is 4.30. The number of esters is 1. The van der Waals surface area contributed by atoms with E-state index in [1.165, 1.54) is 32.3 Å². The Morgan fingerprint density at radius 2 is 2.00 bits per heavy atom. The number of primary amides is 1. The lowest BCUT2D eigenvalue weighted by Gasteiger charge is -2.26. The molecule has 1 fully saturated rings. The van der Waals surface area contributed by atoms with Crippen LogP contribution in [0.1, 0.15) is 62.0 Å². The van der Waals surface area contributed by atoms with Crippen LogP contribution in [0.3, 0.4) is 0 Å². The van der Waals surface area contributed by atoms with E-state index in [9.17, 15) is 14.9 Å². The van der Waals surface area contributed by atoms with Gasteiger partial charge in [0.25, 0.3) is 5.91 Å². The first kappa shape index (κ1) is 18.8. The van der Waals surface area contributed by atoms with Crippen molar-refractivity contribution in [2.75, 3.05) is 0 Å². The molecular formula is C19H25N3O3. The van der Waals surface area contributed by atoms with Gasteiger partial charge < -0.3 is 15.0 Å². The van der Waals surface area contributed by atoms with E-state index in [1.807, 2.05) is 26.0 Å². The zero-order chi connectivity index (χ0) is 18.6. The minimum absolute atomic E-state index is 0.142. The summed E-state index contributed by atoms with van der Waals surface area (Å²) in [6, 6.07) is 4.31. The second-order valence-corrected chi connectivity index (χ2v) is 6.61. The van der Waals surface area contributed by atoms with E-state index in [2.05, 4.69) is 4.57 Å². The lowest BCUT2D eigenvalue weighted by molar-refractivity contribution is -0.149. The molecule has 134 valence electrons. The summed E-state index contributed by atoms with van der Waals surface area (Å²) in [6.45, 7) is 5.42. The SMILES string of the molecule is Cc1cc(/C=C(\C#N)C(=O)O[C@@H](C)C(N)=O)c(C)n1C1CCCCC1. The van der Waals surface area contributed by atoms with Crippen LogP contribution in [0.5, 0.6) is 0 Å². The van der Waals surface area contributed by atoms with Crippen LogP contribution in [0.25, 0.3) is 6.08 Å². The second kappa shape index (κ2) is 8.02. The van der Waals surface area contributed by atoms with Gasteiger partial charge in [-0.05, 0) is 51.3 Å². The van der Waals surface area contributed by atoms with Crippen LogP contribution in [0.15, 0.2) is 11.6 Å². The quantitative estimate of drug-likeness (QED) is 0.505. The number of nitrogens with zero attached hydrogens (tertiary/aromatic N) is 2. The molecule has 1 aromatic heterocycles. The van der Waals surface area contributed by atoms with E-state index in [0.29, 0.717) is 6.04 Å². The van der Waals surface area contributed by atoms with Crippen LogP contribution in [-0.4, -0.2) is 22.5 Å². The molecule has 2 N–H and O–H groups in total. The topological polar surface area (TPSA) is 98.1 Å². The predicted molar refractivity (Wildman–Crippen MR) is 94.4 cm³/mol. The van der Waals surface area contributed by atoms with Crippen molar-refractivity contribution in [3.8, 4) is 6.07 Å². The minimum Gasteiger partial charge on any atom is -0.448 e. The first-order valence-corrected chi connectivity index (χ1v) is 8.65. The molecule has 2 rings (SSSR count). The molecule has 6 heteroatoms. The number of aryl methyl sites for hydroxylation is 1. The summed E-state index contributed by atoms with van der Waals surface area (Å²) in [5.74, 6) is -1.59. The monoisotopic (exact) mass is 343 g/mol. The van der Waals surface area contributed by atoms with Gasteiger partial charge in [0.2, 0.25) is 0 Å². The normalized spacial score (nSPS) is 17.0. The number of hydrogen-bond donors (Lipinski definition) is 1. The largest absolute Gasteiger partial charge is 0.448 e. The van der Waals surface area contributed by atoms with Crippen molar-refractivity contribution >= 4 is 18.0 Å². The standard InChI is InChI=1S/C19H25N3O3/c1-12-9-15(13(2)22(12)17-7-5-4-6-8-17)10-16(11-20)19(24)25-14(3)18(21)23/h9-10,14,17H,4-8H2,1-3H3,(H2,21,23)/b16-10+/t14-/m0/s1. The number of nitriles is 1.